The molecule has 28 heavy (non-hydrogen) atoms. The highest BCUT2D eigenvalue weighted by Gasteiger charge is 2.21. The molecule has 8 heteroatoms. The summed E-state index contributed by atoms with van der Waals surface area (Å²) < 4.78 is 10.0. The number of benzene rings is 2. The van der Waals surface area contributed by atoms with Crippen molar-refractivity contribution in [2.75, 3.05) is 13.2 Å². The van der Waals surface area contributed by atoms with Gasteiger partial charge < -0.3 is 25.2 Å². The minimum atomic E-state index is -1.22. The Morgan fingerprint density at radius 1 is 0.857 bits per heavy atom. The van der Waals surface area contributed by atoms with Crippen molar-refractivity contribution in [2.24, 2.45) is 0 Å². The van der Waals surface area contributed by atoms with Gasteiger partial charge in [0.25, 0.3) is 0 Å². The quantitative estimate of drug-likeness (QED) is 0.557. The molecular formula is C20H22N2O6. The monoisotopic (exact) mass is 386 g/mol. The van der Waals surface area contributed by atoms with Crippen molar-refractivity contribution >= 4 is 18.0 Å². The number of nitrogens with one attached hydrogen (secondary N) is 2. The molecule has 0 heterocycles. The van der Waals surface area contributed by atoms with Crippen LogP contribution in [0.25, 0.3) is 0 Å². The second kappa shape index (κ2) is 11.3. The van der Waals surface area contributed by atoms with E-state index in [1.54, 1.807) is 36.4 Å². The third kappa shape index (κ3) is 7.46. The summed E-state index contributed by atoms with van der Waals surface area (Å²) in [5, 5.41) is 13.9. The Labute approximate surface area is 162 Å². The summed E-state index contributed by atoms with van der Waals surface area (Å²) in [6.07, 6.45) is -0.772. The Morgan fingerprint density at radius 2 is 1.39 bits per heavy atom. The van der Waals surface area contributed by atoms with E-state index < -0.39 is 37.2 Å². The van der Waals surface area contributed by atoms with Crippen LogP contribution in [0.4, 0.5) is 4.79 Å². The number of carbonyl (C=O) groups excluding carboxylic acids is 3. The second-order valence-electron chi connectivity index (χ2n) is 5.81. The zero-order chi connectivity index (χ0) is 20.2. The highest BCUT2D eigenvalue weighted by molar-refractivity contribution is 5.87. The summed E-state index contributed by atoms with van der Waals surface area (Å²) >= 11 is 0. The highest BCUT2D eigenvalue weighted by Crippen LogP contribution is 2.02. The Morgan fingerprint density at radius 3 is 1.93 bits per heavy atom. The Balaban J connectivity index is 1.69. The Kier molecular flexibility index (Phi) is 8.48. The molecule has 0 bridgehead atoms. The lowest BCUT2D eigenvalue weighted by atomic mass is 10.2. The number of esters is 1. The molecule has 0 aliphatic heterocycles. The molecule has 0 saturated heterocycles. The van der Waals surface area contributed by atoms with E-state index in [4.69, 9.17) is 9.47 Å². The first kappa shape index (κ1) is 20.9. The van der Waals surface area contributed by atoms with Crippen LogP contribution in [0.3, 0.4) is 0 Å². The predicted molar refractivity (Wildman–Crippen MR) is 99.9 cm³/mol. The van der Waals surface area contributed by atoms with Gasteiger partial charge in [-0.25, -0.2) is 9.59 Å². The van der Waals surface area contributed by atoms with E-state index in [1.807, 2.05) is 24.3 Å². The molecule has 2 amide bonds. The van der Waals surface area contributed by atoms with Crippen LogP contribution in [0.15, 0.2) is 60.7 Å². The lowest BCUT2D eigenvalue weighted by Gasteiger charge is -2.15. The Hall–Kier alpha value is -3.39. The number of aliphatic hydroxyl groups excluding tert-OH is 1. The number of alkyl carbamates (subject to hydrolysis) is 1. The smallest absolute Gasteiger partial charge is 0.407 e. The van der Waals surface area contributed by atoms with Crippen LogP contribution in [0.1, 0.15) is 11.1 Å². The van der Waals surface area contributed by atoms with Crippen molar-refractivity contribution in [3.05, 3.63) is 71.8 Å². The standard InChI is InChI=1S/C20H22N2O6/c23-12-17(19(25)27-13-15-7-3-1-4-8-15)22-18(24)11-21-20(26)28-14-16-9-5-2-6-10-16/h1-10,17,23H,11-14H2,(H,21,26)(H,22,24). The molecule has 0 aliphatic rings. The van der Waals surface area contributed by atoms with Crippen LogP contribution in [0.5, 0.6) is 0 Å². The number of hydrogen-bond acceptors (Lipinski definition) is 6. The molecule has 0 aromatic heterocycles. The number of hydrogen-bond donors (Lipinski definition) is 3. The van der Waals surface area contributed by atoms with Crippen molar-refractivity contribution in [3.63, 3.8) is 0 Å². The van der Waals surface area contributed by atoms with Crippen molar-refractivity contribution < 1.29 is 29.0 Å². The van der Waals surface area contributed by atoms with E-state index in [0.717, 1.165) is 11.1 Å². The fraction of sp³-hybridized carbons (Fsp3) is 0.250. The molecule has 148 valence electrons. The van der Waals surface area contributed by atoms with Crippen LogP contribution in [0.2, 0.25) is 0 Å². The van der Waals surface area contributed by atoms with E-state index in [-0.39, 0.29) is 13.2 Å². The van der Waals surface area contributed by atoms with Crippen LogP contribution in [0, 0.1) is 0 Å². The van der Waals surface area contributed by atoms with E-state index >= 15 is 0 Å². The minimum absolute atomic E-state index is 0.0239. The van der Waals surface area contributed by atoms with E-state index in [9.17, 15) is 19.5 Å². The maximum Gasteiger partial charge on any atom is 0.407 e. The zero-order valence-electron chi connectivity index (χ0n) is 15.2. The van der Waals surface area contributed by atoms with Crippen molar-refractivity contribution in [3.8, 4) is 0 Å². The molecule has 2 aromatic carbocycles. The molecule has 0 fully saturated rings. The van der Waals surface area contributed by atoms with Gasteiger partial charge in [-0.05, 0) is 11.1 Å². The van der Waals surface area contributed by atoms with Crippen LogP contribution in [-0.4, -0.2) is 42.3 Å². The summed E-state index contributed by atoms with van der Waals surface area (Å²) in [6, 6.07) is 16.9. The molecule has 0 radical (unpaired) electrons. The molecule has 1 atom stereocenters. The number of aliphatic hydroxyl groups is 1. The molecule has 3 N–H and O–H groups in total. The molecule has 0 saturated carbocycles. The van der Waals surface area contributed by atoms with Crippen molar-refractivity contribution in [1.29, 1.82) is 0 Å². The van der Waals surface area contributed by atoms with Gasteiger partial charge in [-0.1, -0.05) is 60.7 Å². The van der Waals surface area contributed by atoms with Gasteiger partial charge in [-0.2, -0.15) is 0 Å². The first-order valence-corrected chi connectivity index (χ1v) is 8.64. The average Bonchev–Trinajstić information content (AvgIpc) is 2.74. The topological polar surface area (TPSA) is 114 Å². The zero-order valence-corrected chi connectivity index (χ0v) is 15.2. The fourth-order valence-corrected chi connectivity index (χ4v) is 2.18. The van der Waals surface area contributed by atoms with Gasteiger partial charge in [-0.15, -0.1) is 0 Å². The number of amides is 2. The predicted octanol–water partition coefficient (Wildman–Crippen LogP) is 1.13. The summed E-state index contributed by atoms with van der Waals surface area (Å²) in [5.41, 5.74) is 1.59. The molecule has 2 aromatic rings. The summed E-state index contributed by atoms with van der Waals surface area (Å²) in [4.78, 5) is 35.5. The van der Waals surface area contributed by atoms with Gasteiger partial charge in [-0.3, -0.25) is 4.79 Å². The molecular weight excluding hydrogens is 364 g/mol. The molecule has 8 nitrogen and oxygen atoms in total. The summed E-state index contributed by atoms with van der Waals surface area (Å²) in [5.74, 6) is -1.43. The van der Waals surface area contributed by atoms with Crippen molar-refractivity contribution in [1.82, 2.24) is 10.6 Å². The van der Waals surface area contributed by atoms with Gasteiger partial charge in [0, 0.05) is 0 Å². The maximum absolute atomic E-state index is 12.0. The van der Waals surface area contributed by atoms with E-state index in [0.29, 0.717) is 0 Å². The first-order chi connectivity index (χ1) is 13.6. The average molecular weight is 386 g/mol. The van der Waals surface area contributed by atoms with Gasteiger partial charge >= 0.3 is 12.1 Å². The van der Waals surface area contributed by atoms with Gasteiger partial charge in [0.05, 0.1) is 6.61 Å². The van der Waals surface area contributed by atoms with Gasteiger partial charge in [0.15, 0.2) is 6.04 Å². The fourth-order valence-electron chi connectivity index (χ4n) is 2.18. The summed E-state index contributed by atoms with van der Waals surface area (Å²) in [6.45, 7) is -0.941. The molecule has 1 unspecified atom stereocenters. The van der Waals surface area contributed by atoms with Crippen LogP contribution >= 0.6 is 0 Å². The highest BCUT2D eigenvalue weighted by atomic mass is 16.5. The largest absolute Gasteiger partial charge is 0.459 e. The second-order valence-corrected chi connectivity index (χ2v) is 5.81. The van der Waals surface area contributed by atoms with E-state index in [1.165, 1.54) is 0 Å². The normalized spacial score (nSPS) is 11.2. The first-order valence-electron chi connectivity index (χ1n) is 8.64. The molecule has 0 aliphatic carbocycles. The SMILES string of the molecule is O=C(CNC(=O)OCc1ccccc1)NC(CO)C(=O)OCc1ccccc1. The third-order valence-electron chi connectivity index (χ3n) is 3.63. The number of rotatable bonds is 9. The van der Waals surface area contributed by atoms with Crippen molar-refractivity contribution in [2.45, 2.75) is 19.3 Å². The lowest BCUT2D eigenvalue weighted by molar-refractivity contribution is -0.150. The van der Waals surface area contributed by atoms with Gasteiger partial charge in [0.2, 0.25) is 5.91 Å². The van der Waals surface area contributed by atoms with E-state index in [2.05, 4.69) is 10.6 Å². The lowest BCUT2D eigenvalue weighted by Crippen LogP contribution is -2.48. The molecule has 0 spiro atoms. The number of carbonyl (C=O) groups is 3. The molecule has 2 rings (SSSR count). The minimum Gasteiger partial charge on any atom is -0.459 e. The van der Waals surface area contributed by atoms with Crippen LogP contribution < -0.4 is 10.6 Å². The van der Waals surface area contributed by atoms with Gasteiger partial charge in [0.1, 0.15) is 19.8 Å². The third-order valence-corrected chi connectivity index (χ3v) is 3.63. The Bertz CT molecular complexity index is 767. The maximum atomic E-state index is 12.0. The number of ether oxygens (including phenoxy) is 2. The summed E-state index contributed by atoms with van der Waals surface area (Å²) in [7, 11) is 0. The van der Waals surface area contributed by atoms with Crippen LogP contribution in [-0.2, 0) is 32.3 Å².